The van der Waals surface area contributed by atoms with E-state index in [4.69, 9.17) is 0 Å². The normalized spacial score (nSPS) is 12.8. The van der Waals surface area contributed by atoms with Gasteiger partial charge in [-0.1, -0.05) is 12.1 Å². The van der Waals surface area contributed by atoms with Gasteiger partial charge in [-0.25, -0.2) is 4.68 Å². The van der Waals surface area contributed by atoms with E-state index in [-0.39, 0.29) is 0 Å². The van der Waals surface area contributed by atoms with Crippen molar-refractivity contribution in [2.75, 3.05) is 27.2 Å². The van der Waals surface area contributed by atoms with E-state index in [0.29, 0.717) is 6.04 Å². The summed E-state index contributed by atoms with van der Waals surface area (Å²) in [4.78, 5) is 2.36. The maximum atomic E-state index is 3.93. The minimum Gasteiger partial charge on any atom is -0.320 e. The number of tetrazole rings is 1. The van der Waals surface area contributed by atoms with Crippen LogP contribution in [0.1, 0.15) is 24.9 Å². The lowest BCUT2D eigenvalue weighted by molar-refractivity contribution is 0.258. The smallest absolute Gasteiger partial charge is 0.143 e. The van der Waals surface area contributed by atoms with Crippen LogP contribution < -0.4 is 5.32 Å². The highest BCUT2D eigenvalue weighted by Gasteiger charge is 2.12. The lowest BCUT2D eigenvalue weighted by Gasteiger charge is -2.25. The molecular formula is C14H22N6. The van der Waals surface area contributed by atoms with Gasteiger partial charge in [0.15, 0.2) is 0 Å². The van der Waals surface area contributed by atoms with Crippen molar-refractivity contribution in [1.82, 2.24) is 30.4 Å². The van der Waals surface area contributed by atoms with Gasteiger partial charge in [0.05, 0.1) is 5.69 Å². The van der Waals surface area contributed by atoms with E-state index in [1.54, 1.807) is 11.0 Å². The summed E-state index contributed by atoms with van der Waals surface area (Å²) in [6.45, 7) is 4.33. The highest BCUT2D eigenvalue weighted by Crippen LogP contribution is 2.21. The van der Waals surface area contributed by atoms with Crippen LogP contribution in [0.15, 0.2) is 30.6 Å². The van der Waals surface area contributed by atoms with Crippen LogP contribution in [0.25, 0.3) is 5.69 Å². The van der Waals surface area contributed by atoms with Gasteiger partial charge in [0, 0.05) is 6.04 Å². The number of aromatic nitrogens is 4. The van der Waals surface area contributed by atoms with Crippen LogP contribution in [0, 0.1) is 0 Å². The number of benzene rings is 1. The molecule has 0 radical (unpaired) electrons. The summed E-state index contributed by atoms with van der Waals surface area (Å²) < 4.78 is 1.68. The van der Waals surface area contributed by atoms with E-state index in [1.807, 2.05) is 19.2 Å². The Morgan fingerprint density at radius 1 is 1.40 bits per heavy atom. The fourth-order valence-corrected chi connectivity index (χ4v) is 2.16. The Morgan fingerprint density at radius 2 is 2.25 bits per heavy atom. The molecule has 1 aromatic carbocycles. The first kappa shape index (κ1) is 14.6. The quantitative estimate of drug-likeness (QED) is 0.770. The van der Waals surface area contributed by atoms with Crippen molar-refractivity contribution in [2.45, 2.75) is 19.4 Å². The van der Waals surface area contributed by atoms with Gasteiger partial charge in [-0.05, 0) is 68.7 Å². The maximum absolute atomic E-state index is 3.93. The van der Waals surface area contributed by atoms with Crippen LogP contribution in [-0.2, 0) is 0 Å². The second kappa shape index (κ2) is 7.12. The summed E-state index contributed by atoms with van der Waals surface area (Å²) in [6, 6.07) is 8.70. The average Bonchev–Trinajstić information content (AvgIpc) is 3.01. The zero-order valence-electron chi connectivity index (χ0n) is 12.3. The van der Waals surface area contributed by atoms with Gasteiger partial charge >= 0.3 is 0 Å². The largest absolute Gasteiger partial charge is 0.320 e. The minimum atomic E-state index is 0.364. The summed E-state index contributed by atoms with van der Waals surface area (Å²) in [5.74, 6) is 0. The monoisotopic (exact) mass is 274 g/mol. The van der Waals surface area contributed by atoms with Crippen LogP contribution in [-0.4, -0.2) is 52.3 Å². The fourth-order valence-electron chi connectivity index (χ4n) is 2.16. The van der Waals surface area contributed by atoms with Crippen LogP contribution in [0.4, 0.5) is 0 Å². The molecule has 1 aromatic heterocycles. The van der Waals surface area contributed by atoms with Crippen LogP contribution >= 0.6 is 0 Å². The van der Waals surface area contributed by atoms with E-state index in [2.05, 4.69) is 51.8 Å². The van der Waals surface area contributed by atoms with E-state index in [1.165, 1.54) is 5.56 Å². The van der Waals surface area contributed by atoms with Gasteiger partial charge < -0.3 is 5.32 Å². The Balaban J connectivity index is 2.06. The first-order chi connectivity index (χ1) is 9.72. The van der Waals surface area contributed by atoms with Gasteiger partial charge in [0.1, 0.15) is 6.33 Å². The minimum absolute atomic E-state index is 0.364. The fraction of sp³-hybridized carbons (Fsp3) is 0.500. The van der Waals surface area contributed by atoms with Crippen LogP contribution in [0.2, 0.25) is 0 Å². The molecule has 6 nitrogen and oxygen atoms in total. The SMILES string of the molecule is CNCCCN(C)C(C)c1cccc(-n2cnnn2)c1. The van der Waals surface area contributed by atoms with Crippen molar-refractivity contribution in [3.63, 3.8) is 0 Å². The zero-order valence-corrected chi connectivity index (χ0v) is 12.3. The average molecular weight is 274 g/mol. The van der Waals surface area contributed by atoms with Crippen molar-refractivity contribution in [2.24, 2.45) is 0 Å². The first-order valence-corrected chi connectivity index (χ1v) is 6.90. The van der Waals surface area contributed by atoms with Gasteiger partial charge in [-0.2, -0.15) is 0 Å². The lowest BCUT2D eigenvalue weighted by atomic mass is 10.1. The molecule has 1 unspecified atom stereocenters. The molecule has 1 atom stereocenters. The van der Waals surface area contributed by atoms with Crippen molar-refractivity contribution in [1.29, 1.82) is 0 Å². The van der Waals surface area contributed by atoms with Crippen LogP contribution in [0.3, 0.4) is 0 Å². The number of hydrogen-bond acceptors (Lipinski definition) is 5. The Kier molecular flexibility index (Phi) is 5.20. The summed E-state index contributed by atoms with van der Waals surface area (Å²) >= 11 is 0. The molecule has 1 N–H and O–H groups in total. The molecule has 20 heavy (non-hydrogen) atoms. The topological polar surface area (TPSA) is 58.9 Å². The van der Waals surface area contributed by atoms with Crippen molar-refractivity contribution in [3.05, 3.63) is 36.2 Å². The molecule has 0 spiro atoms. The van der Waals surface area contributed by atoms with Gasteiger partial charge in [0.25, 0.3) is 0 Å². The molecule has 0 aliphatic carbocycles. The third-order valence-electron chi connectivity index (χ3n) is 3.56. The molecule has 1 heterocycles. The van der Waals surface area contributed by atoms with Crippen molar-refractivity contribution < 1.29 is 0 Å². The molecule has 0 aliphatic heterocycles. The number of nitrogens with zero attached hydrogens (tertiary/aromatic N) is 5. The summed E-state index contributed by atoms with van der Waals surface area (Å²) in [5.41, 5.74) is 2.26. The number of hydrogen-bond donors (Lipinski definition) is 1. The predicted molar refractivity (Wildman–Crippen MR) is 78.7 cm³/mol. The predicted octanol–water partition coefficient (Wildman–Crippen LogP) is 1.26. The molecule has 2 aromatic rings. The Hall–Kier alpha value is -1.79. The number of nitrogens with one attached hydrogen (secondary N) is 1. The Morgan fingerprint density at radius 3 is 2.95 bits per heavy atom. The van der Waals surface area contributed by atoms with Gasteiger partial charge in [0.2, 0.25) is 0 Å². The molecular weight excluding hydrogens is 252 g/mol. The summed E-state index contributed by atoms with van der Waals surface area (Å²) in [6.07, 6.45) is 2.75. The molecule has 0 saturated heterocycles. The summed E-state index contributed by atoms with van der Waals surface area (Å²) in [7, 11) is 4.14. The molecule has 6 heteroatoms. The lowest BCUT2D eigenvalue weighted by Crippen LogP contribution is -2.25. The van der Waals surface area contributed by atoms with Crippen LogP contribution in [0.5, 0.6) is 0 Å². The third kappa shape index (κ3) is 3.61. The molecule has 0 amide bonds. The summed E-state index contributed by atoms with van der Waals surface area (Å²) in [5, 5.41) is 14.4. The Bertz CT molecular complexity index is 510. The number of rotatable bonds is 7. The molecule has 108 valence electrons. The molecule has 0 aliphatic rings. The van der Waals surface area contributed by atoms with Crippen molar-refractivity contribution >= 4 is 0 Å². The first-order valence-electron chi connectivity index (χ1n) is 6.90. The van der Waals surface area contributed by atoms with Gasteiger partial charge in [-0.15, -0.1) is 5.10 Å². The highest BCUT2D eigenvalue weighted by molar-refractivity contribution is 5.35. The zero-order chi connectivity index (χ0) is 14.4. The van der Waals surface area contributed by atoms with E-state index >= 15 is 0 Å². The maximum Gasteiger partial charge on any atom is 0.143 e. The molecule has 0 bridgehead atoms. The molecule has 0 fully saturated rings. The second-order valence-electron chi connectivity index (χ2n) is 4.96. The Labute approximate surface area is 119 Å². The van der Waals surface area contributed by atoms with Crippen molar-refractivity contribution in [3.8, 4) is 5.69 Å². The third-order valence-corrected chi connectivity index (χ3v) is 3.56. The van der Waals surface area contributed by atoms with E-state index < -0.39 is 0 Å². The highest BCUT2D eigenvalue weighted by atomic mass is 15.5. The van der Waals surface area contributed by atoms with E-state index in [9.17, 15) is 0 Å². The van der Waals surface area contributed by atoms with Gasteiger partial charge in [-0.3, -0.25) is 4.90 Å². The second-order valence-corrected chi connectivity index (χ2v) is 4.96. The molecule has 2 rings (SSSR count). The standard InChI is InChI=1S/C14H22N6/c1-12(19(3)9-5-8-15-2)13-6-4-7-14(10-13)20-11-16-17-18-20/h4,6-7,10-12,15H,5,8-9H2,1-3H3. The van der Waals surface area contributed by atoms with E-state index in [0.717, 1.165) is 25.2 Å². The molecule has 0 saturated carbocycles.